The van der Waals surface area contributed by atoms with E-state index in [1.807, 2.05) is 25.7 Å². The Bertz CT molecular complexity index is 677. The van der Waals surface area contributed by atoms with E-state index in [4.69, 9.17) is 4.42 Å². The van der Waals surface area contributed by atoms with Gasteiger partial charge < -0.3 is 9.32 Å². The number of piperazine rings is 1. The third kappa shape index (κ3) is 5.22. The second-order valence-corrected chi connectivity index (χ2v) is 8.60. The highest BCUT2D eigenvalue weighted by Gasteiger charge is 2.40. The Morgan fingerprint density at radius 2 is 1.75 bits per heavy atom. The molecule has 0 bridgehead atoms. The maximum absolute atomic E-state index is 12.7. The van der Waals surface area contributed by atoms with Gasteiger partial charge in [0.2, 0.25) is 17.7 Å². The van der Waals surface area contributed by atoms with Gasteiger partial charge in [0.25, 0.3) is 0 Å². The zero-order valence-electron chi connectivity index (χ0n) is 16.6. The van der Waals surface area contributed by atoms with Crippen LogP contribution in [-0.2, 0) is 16.8 Å². The highest BCUT2D eigenvalue weighted by atomic mass is 19.4. The van der Waals surface area contributed by atoms with Crippen molar-refractivity contribution in [1.29, 1.82) is 0 Å². The van der Waals surface area contributed by atoms with Gasteiger partial charge in [-0.3, -0.25) is 14.6 Å². The molecule has 0 spiro atoms. The molecule has 0 radical (unpaired) electrons. The van der Waals surface area contributed by atoms with E-state index >= 15 is 0 Å². The molecule has 2 fully saturated rings. The Kier molecular flexibility index (Phi) is 6.00. The van der Waals surface area contributed by atoms with Crippen LogP contribution >= 0.6 is 0 Å². The summed E-state index contributed by atoms with van der Waals surface area (Å²) in [6.45, 7) is 8.26. The fourth-order valence-corrected chi connectivity index (χ4v) is 3.68. The van der Waals surface area contributed by atoms with Gasteiger partial charge in [-0.15, -0.1) is 10.2 Å². The molecule has 10 heteroatoms. The lowest BCUT2D eigenvalue weighted by molar-refractivity contribution is -0.168. The second-order valence-electron chi connectivity index (χ2n) is 8.60. The quantitative estimate of drug-likeness (QED) is 0.767. The summed E-state index contributed by atoms with van der Waals surface area (Å²) in [4.78, 5) is 17.6. The van der Waals surface area contributed by atoms with Crippen LogP contribution in [0.4, 0.5) is 13.2 Å². The largest absolute Gasteiger partial charge is 0.423 e. The van der Waals surface area contributed by atoms with Crippen molar-refractivity contribution in [3.05, 3.63) is 11.8 Å². The minimum Gasteiger partial charge on any atom is -0.423 e. The number of hydrogen-bond acceptors (Lipinski definition) is 6. The van der Waals surface area contributed by atoms with Gasteiger partial charge in [0.05, 0.1) is 12.6 Å². The smallest absolute Gasteiger partial charge is 0.406 e. The van der Waals surface area contributed by atoms with Crippen LogP contribution < -0.4 is 0 Å². The number of piperidine rings is 1. The predicted molar refractivity (Wildman–Crippen MR) is 95.5 cm³/mol. The van der Waals surface area contributed by atoms with Crippen LogP contribution in [-0.4, -0.2) is 82.3 Å². The van der Waals surface area contributed by atoms with Crippen molar-refractivity contribution >= 4 is 5.91 Å². The molecular formula is C18H28F3N5O2. The number of amides is 1. The van der Waals surface area contributed by atoms with Crippen LogP contribution in [0.1, 0.15) is 45.4 Å². The van der Waals surface area contributed by atoms with Crippen molar-refractivity contribution in [2.24, 2.45) is 0 Å². The van der Waals surface area contributed by atoms with Crippen LogP contribution in [0, 0.1) is 0 Å². The van der Waals surface area contributed by atoms with E-state index in [0.717, 1.165) is 4.90 Å². The molecule has 28 heavy (non-hydrogen) atoms. The van der Waals surface area contributed by atoms with Gasteiger partial charge in [-0.25, -0.2) is 0 Å². The number of hydrogen-bond donors (Lipinski definition) is 0. The summed E-state index contributed by atoms with van der Waals surface area (Å²) in [6, 6.07) is -0.450. The molecule has 3 rings (SSSR count). The average molecular weight is 403 g/mol. The van der Waals surface area contributed by atoms with E-state index in [1.165, 1.54) is 0 Å². The Labute approximate surface area is 162 Å². The van der Waals surface area contributed by atoms with Gasteiger partial charge in [-0.1, -0.05) is 20.8 Å². The van der Waals surface area contributed by atoms with Crippen molar-refractivity contribution in [1.82, 2.24) is 24.9 Å². The molecule has 0 N–H and O–H groups in total. The first-order valence-corrected chi connectivity index (χ1v) is 9.68. The van der Waals surface area contributed by atoms with E-state index in [9.17, 15) is 18.0 Å². The van der Waals surface area contributed by atoms with Gasteiger partial charge >= 0.3 is 6.18 Å². The van der Waals surface area contributed by atoms with Crippen molar-refractivity contribution in [2.75, 3.05) is 39.3 Å². The highest BCUT2D eigenvalue weighted by molar-refractivity contribution is 5.82. The summed E-state index contributed by atoms with van der Waals surface area (Å²) >= 11 is 0. The first kappa shape index (κ1) is 21.0. The molecule has 1 atom stereocenters. The number of nitrogens with zero attached hydrogens (tertiary/aromatic N) is 5. The summed E-state index contributed by atoms with van der Waals surface area (Å²) in [7, 11) is 0. The lowest BCUT2D eigenvalue weighted by atomic mass is 9.97. The Balaban J connectivity index is 1.52. The van der Waals surface area contributed by atoms with Gasteiger partial charge in [0.15, 0.2) is 0 Å². The summed E-state index contributed by atoms with van der Waals surface area (Å²) in [5.74, 6) is 0.755. The maximum Gasteiger partial charge on any atom is 0.406 e. The van der Waals surface area contributed by atoms with E-state index in [-0.39, 0.29) is 12.0 Å². The third-order valence-corrected chi connectivity index (χ3v) is 5.19. The molecule has 1 unspecified atom stereocenters. The molecule has 2 saturated heterocycles. The number of alkyl halides is 3. The Hall–Kier alpha value is -1.68. The molecule has 0 aliphatic carbocycles. The number of carbonyl (C=O) groups excluding carboxylic acids is 1. The highest BCUT2D eigenvalue weighted by Crippen LogP contribution is 2.24. The van der Waals surface area contributed by atoms with Gasteiger partial charge in [0, 0.05) is 38.1 Å². The maximum atomic E-state index is 12.7. The predicted octanol–water partition coefficient (Wildman–Crippen LogP) is 2.04. The van der Waals surface area contributed by atoms with Crippen LogP contribution in [0.2, 0.25) is 0 Å². The van der Waals surface area contributed by atoms with Crippen molar-refractivity contribution < 1.29 is 22.4 Å². The van der Waals surface area contributed by atoms with Crippen LogP contribution in [0.25, 0.3) is 0 Å². The van der Waals surface area contributed by atoms with Gasteiger partial charge in [0.1, 0.15) is 6.54 Å². The molecule has 158 valence electrons. The fraction of sp³-hybridized carbons (Fsp3) is 0.833. The van der Waals surface area contributed by atoms with Crippen molar-refractivity contribution in [3.8, 4) is 0 Å². The molecule has 2 aliphatic rings. The minimum atomic E-state index is -4.35. The summed E-state index contributed by atoms with van der Waals surface area (Å²) in [5, 5.41) is 8.20. The van der Waals surface area contributed by atoms with E-state index in [2.05, 4.69) is 15.1 Å². The SMILES string of the molecule is CC(C)(C)c1nnc(CN2CCN(C3CCCN(CC(F)(F)F)C3=O)CC2)o1. The number of carbonyl (C=O) groups is 1. The summed E-state index contributed by atoms with van der Waals surface area (Å²) < 4.78 is 43.8. The molecule has 1 amide bonds. The molecule has 7 nitrogen and oxygen atoms in total. The molecule has 0 aromatic carbocycles. The minimum absolute atomic E-state index is 0.183. The first-order valence-electron chi connectivity index (χ1n) is 9.68. The lowest BCUT2D eigenvalue weighted by Gasteiger charge is -2.42. The zero-order valence-corrected chi connectivity index (χ0v) is 16.6. The van der Waals surface area contributed by atoms with Crippen molar-refractivity contribution in [2.45, 2.75) is 57.8 Å². The zero-order chi connectivity index (χ0) is 20.5. The normalized spacial score (nSPS) is 23.4. The third-order valence-electron chi connectivity index (χ3n) is 5.19. The average Bonchev–Trinajstić information content (AvgIpc) is 3.05. The van der Waals surface area contributed by atoms with E-state index < -0.39 is 24.7 Å². The molecule has 2 aliphatic heterocycles. The molecule has 3 heterocycles. The van der Waals surface area contributed by atoms with Gasteiger partial charge in [-0.05, 0) is 12.8 Å². The topological polar surface area (TPSA) is 65.7 Å². The fourth-order valence-electron chi connectivity index (χ4n) is 3.68. The lowest BCUT2D eigenvalue weighted by Crippen LogP contribution is -2.58. The molecule has 1 aromatic heterocycles. The van der Waals surface area contributed by atoms with Crippen LogP contribution in [0.15, 0.2) is 4.42 Å². The number of rotatable bonds is 4. The van der Waals surface area contributed by atoms with Crippen molar-refractivity contribution in [3.63, 3.8) is 0 Å². The standard InChI is InChI=1S/C18H28F3N5O2/c1-17(2,3)16-23-22-14(28-16)11-24-7-9-25(10-8-24)13-5-4-6-26(15(13)27)12-18(19,20)21/h13H,4-12H2,1-3H3. The van der Waals surface area contributed by atoms with E-state index in [1.54, 1.807) is 0 Å². The van der Waals surface area contributed by atoms with Gasteiger partial charge in [-0.2, -0.15) is 13.2 Å². The number of halogens is 3. The van der Waals surface area contributed by atoms with E-state index in [0.29, 0.717) is 57.3 Å². The second kappa shape index (κ2) is 7.98. The number of aromatic nitrogens is 2. The summed E-state index contributed by atoms with van der Waals surface area (Å²) in [5.41, 5.74) is -0.201. The van der Waals surface area contributed by atoms with Crippen LogP contribution in [0.5, 0.6) is 0 Å². The number of likely N-dealkylation sites (tertiary alicyclic amines) is 1. The molecule has 1 aromatic rings. The Morgan fingerprint density at radius 1 is 1.07 bits per heavy atom. The monoisotopic (exact) mass is 403 g/mol. The van der Waals surface area contributed by atoms with Crippen LogP contribution in [0.3, 0.4) is 0 Å². The first-order chi connectivity index (χ1) is 13.0. The molecule has 0 saturated carbocycles. The molecular weight excluding hydrogens is 375 g/mol. The summed E-state index contributed by atoms with van der Waals surface area (Å²) in [6.07, 6.45) is -3.14. The Morgan fingerprint density at radius 3 is 2.32 bits per heavy atom.